The highest BCUT2D eigenvalue weighted by molar-refractivity contribution is 7.92. The van der Waals surface area contributed by atoms with Gasteiger partial charge in [0.25, 0.3) is 0 Å². The number of hydrogen-bond donors (Lipinski definition) is 2. The fraction of sp³-hybridized carbons (Fsp3) is 0.208. The van der Waals surface area contributed by atoms with Gasteiger partial charge in [0.05, 0.1) is 22.0 Å². The van der Waals surface area contributed by atoms with Crippen LogP contribution in [0.15, 0.2) is 70.2 Å². The van der Waals surface area contributed by atoms with Gasteiger partial charge in [0.1, 0.15) is 5.69 Å². The molecule has 0 unspecified atom stereocenters. The average Bonchev–Trinajstić information content (AvgIpc) is 3.29. The van der Waals surface area contributed by atoms with Gasteiger partial charge >= 0.3 is 0 Å². The van der Waals surface area contributed by atoms with Crippen molar-refractivity contribution in [3.63, 3.8) is 0 Å². The zero-order valence-electron chi connectivity index (χ0n) is 18.6. The molecule has 0 saturated carbocycles. The lowest BCUT2D eigenvalue weighted by Crippen LogP contribution is -2.13. The monoisotopic (exact) mass is 463 g/mol. The van der Waals surface area contributed by atoms with Crippen molar-refractivity contribution in [1.29, 1.82) is 0 Å². The Morgan fingerprint density at radius 1 is 0.909 bits per heavy atom. The predicted octanol–water partition coefficient (Wildman–Crippen LogP) is 4.25. The number of hydrogen-bond acceptors (Lipinski definition) is 8. The Hall–Kier alpha value is -3.56. The SMILES string of the molecule is CC(C)S(=O)(=O)c1ccc(-c2cnc(N)c(-c3cc(-c4ccc([C@@H](C)N)cc4)no3)n2)cc1. The number of nitrogens with zero attached hydrogens (tertiary/aromatic N) is 3. The van der Waals surface area contributed by atoms with Gasteiger partial charge in [-0.25, -0.2) is 18.4 Å². The molecule has 1 atom stereocenters. The van der Waals surface area contributed by atoms with E-state index in [-0.39, 0.29) is 16.8 Å². The first-order chi connectivity index (χ1) is 15.7. The number of rotatable bonds is 6. The van der Waals surface area contributed by atoms with Gasteiger partial charge in [-0.2, -0.15) is 0 Å². The summed E-state index contributed by atoms with van der Waals surface area (Å²) in [5.41, 5.74) is 16.1. The summed E-state index contributed by atoms with van der Waals surface area (Å²) >= 11 is 0. The van der Waals surface area contributed by atoms with E-state index in [1.807, 2.05) is 31.2 Å². The molecule has 0 bridgehead atoms. The van der Waals surface area contributed by atoms with Crippen molar-refractivity contribution in [2.45, 2.75) is 37.0 Å². The lowest BCUT2D eigenvalue weighted by molar-refractivity contribution is 0.434. The summed E-state index contributed by atoms with van der Waals surface area (Å²) in [6, 6.07) is 16.0. The number of nitrogen functional groups attached to an aromatic ring is 1. The number of sulfone groups is 1. The normalized spacial score (nSPS) is 12.8. The van der Waals surface area contributed by atoms with Crippen molar-refractivity contribution in [1.82, 2.24) is 15.1 Å². The van der Waals surface area contributed by atoms with Gasteiger partial charge in [0.15, 0.2) is 27.1 Å². The number of anilines is 1. The van der Waals surface area contributed by atoms with Crippen LogP contribution in [-0.4, -0.2) is 28.8 Å². The largest absolute Gasteiger partial charge is 0.382 e. The molecular weight excluding hydrogens is 438 g/mol. The van der Waals surface area contributed by atoms with Crippen molar-refractivity contribution < 1.29 is 12.9 Å². The van der Waals surface area contributed by atoms with Crippen LogP contribution in [0.3, 0.4) is 0 Å². The van der Waals surface area contributed by atoms with Crippen molar-refractivity contribution >= 4 is 15.7 Å². The Morgan fingerprint density at radius 2 is 1.52 bits per heavy atom. The van der Waals surface area contributed by atoms with Crippen LogP contribution in [0.2, 0.25) is 0 Å². The van der Waals surface area contributed by atoms with Crippen LogP contribution >= 0.6 is 0 Å². The van der Waals surface area contributed by atoms with Gasteiger partial charge in [-0.1, -0.05) is 41.6 Å². The predicted molar refractivity (Wildman–Crippen MR) is 128 cm³/mol. The Labute approximate surface area is 192 Å². The minimum Gasteiger partial charge on any atom is -0.382 e. The molecule has 170 valence electrons. The molecule has 0 amide bonds. The van der Waals surface area contributed by atoms with Crippen molar-refractivity contribution in [2.75, 3.05) is 5.73 Å². The van der Waals surface area contributed by atoms with Crippen LogP contribution < -0.4 is 11.5 Å². The quantitative estimate of drug-likeness (QED) is 0.433. The highest BCUT2D eigenvalue weighted by Crippen LogP contribution is 2.30. The summed E-state index contributed by atoms with van der Waals surface area (Å²) in [4.78, 5) is 9.10. The Kier molecular flexibility index (Phi) is 6.01. The molecule has 4 aromatic rings. The zero-order chi connectivity index (χ0) is 23.8. The average molecular weight is 464 g/mol. The first-order valence-electron chi connectivity index (χ1n) is 10.5. The zero-order valence-corrected chi connectivity index (χ0v) is 19.4. The Balaban J connectivity index is 1.65. The summed E-state index contributed by atoms with van der Waals surface area (Å²) in [7, 11) is -3.35. The van der Waals surface area contributed by atoms with Crippen molar-refractivity contribution in [3.05, 3.63) is 66.4 Å². The summed E-state index contributed by atoms with van der Waals surface area (Å²) in [5, 5.41) is 3.64. The highest BCUT2D eigenvalue weighted by atomic mass is 32.2. The molecular formula is C24H25N5O3S. The van der Waals surface area contributed by atoms with Gasteiger partial charge in [0, 0.05) is 23.2 Å². The van der Waals surface area contributed by atoms with Crippen LogP contribution in [0.5, 0.6) is 0 Å². The molecule has 2 heterocycles. The second-order valence-corrected chi connectivity index (χ2v) is 10.6. The third-order valence-corrected chi connectivity index (χ3v) is 7.55. The molecule has 0 fully saturated rings. The Bertz CT molecular complexity index is 1380. The van der Waals surface area contributed by atoms with E-state index in [1.165, 1.54) is 6.20 Å². The fourth-order valence-corrected chi connectivity index (χ4v) is 4.35. The van der Waals surface area contributed by atoms with E-state index in [0.29, 0.717) is 28.4 Å². The highest BCUT2D eigenvalue weighted by Gasteiger charge is 2.20. The molecule has 2 aromatic heterocycles. The minimum absolute atomic E-state index is 0.0516. The fourth-order valence-electron chi connectivity index (χ4n) is 3.29. The summed E-state index contributed by atoms with van der Waals surface area (Å²) in [6.45, 7) is 5.23. The molecule has 4 rings (SSSR count). The number of aromatic nitrogens is 3. The first kappa shape index (κ1) is 22.6. The topological polar surface area (TPSA) is 138 Å². The molecule has 0 aliphatic heterocycles. The molecule has 33 heavy (non-hydrogen) atoms. The third kappa shape index (κ3) is 4.50. The molecule has 8 nitrogen and oxygen atoms in total. The summed E-state index contributed by atoms with van der Waals surface area (Å²) in [5.74, 6) is 0.583. The molecule has 4 N–H and O–H groups in total. The van der Waals surface area contributed by atoms with Crippen molar-refractivity contribution in [3.8, 4) is 34.0 Å². The maximum absolute atomic E-state index is 12.4. The van der Waals surface area contributed by atoms with E-state index in [2.05, 4.69) is 15.1 Å². The minimum atomic E-state index is -3.35. The molecule has 0 aliphatic rings. The van der Waals surface area contributed by atoms with E-state index < -0.39 is 15.1 Å². The maximum Gasteiger partial charge on any atom is 0.189 e. The standard InChI is InChI=1S/C24H25N5O3S/c1-14(2)33(30,31)19-10-8-18(9-11-19)21-13-27-24(26)23(28-21)22-12-20(29-32-22)17-6-4-16(5-7-17)15(3)25/h4-15H,25H2,1-3H3,(H2,26,27)/t15-/m1/s1. The van der Waals surface area contributed by atoms with Crippen molar-refractivity contribution in [2.24, 2.45) is 5.73 Å². The van der Waals surface area contributed by atoms with Gasteiger partial charge in [-0.15, -0.1) is 0 Å². The van der Waals surface area contributed by atoms with E-state index in [9.17, 15) is 8.42 Å². The van der Waals surface area contributed by atoms with Crippen LogP contribution in [0.25, 0.3) is 34.0 Å². The number of benzene rings is 2. The van der Waals surface area contributed by atoms with E-state index in [4.69, 9.17) is 16.0 Å². The van der Waals surface area contributed by atoms with Gasteiger partial charge < -0.3 is 16.0 Å². The molecule has 0 radical (unpaired) electrons. The smallest absolute Gasteiger partial charge is 0.189 e. The third-order valence-electron chi connectivity index (χ3n) is 5.38. The maximum atomic E-state index is 12.4. The van der Waals surface area contributed by atoms with Crippen LogP contribution in [0, 0.1) is 0 Å². The Morgan fingerprint density at radius 3 is 2.12 bits per heavy atom. The van der Waals surface area contributed by atoms with E-state index in [0.717, 1.165) is 11.1 Å². The van der Waals surface area contributed by atoms with E-state index in [1.54, 1.807) is 44.2 Å². The molecule has 0 spiro atoms. The van der Waals surface area contributed by atoms with Gasteiger partial charge in [0.2, 0.25) is 0 Å². The number of nitrogens with two attached hydrogens (primary N) is 2. The van der Waals surface area contributed by atoms with Gasteiger partial charge in [-0.05, 0) is 38.5 Å². The summed E-state index contributed by atoms with van der Waals surface area (Å²) < 4.78 is 30.2. The molecule has 9 heteroatoms. The molecule has 2 aromatic carbocycles. The van der Waals surface area contributed by atoms with Crippen LogP contribution in [0.1, 0.15) is 32.4 Å². The van der Waals surface area contributed by atoms with E-state index >= 15 is 0 Å². The second kappa shape index (κ2) is 8.76. The first-order valence-corrected chi connectivity index (χ1v) is 12.0. The lowest BCUT2D eigenvalue weighted by atomic mass is 10.0. The van der Waals surface area contributed by atoms with Crippen LogP contribution in [-0.2, 0) is 9.84 Å². The lowest BCUT2D eigenvalue weighted by Gasteiger charge is -2.09. The molecule has 0 saturated heterocycles. The van der Waals surface area contributed by atoms with Gasteiger partial charge in [-0.3, -0.25) is 0 Å². The second-order valence-electron chi connectivity index (χ2n) is 8.09. The summed E-state index contributed by atoms with van der Waals surface area (Å²) in [6.07, 6.45) is 1.54. The molecule has 0 aliphatic carbocycles. The van der Waals surface area contributed by atoms with Crippen LogP contribution in [0.4, 0.5) is 5.82 Å².